The molecule has 25 heavy (non-hydrogen) atoms. The Kier molecular flexibility index (Phi) is 6.68. The van der Waals surface area contributed by atoms with Crippen molar-refractivity contribution in [2.75, 3.05) is 13.2 Å². The fourth-order valence-corrected chi connectivity index (χ4v) is 4.68. The average molecular weight is 366 g/mol. The average Bonchev–Trinajstić information content (AvgIpc) is 2.94. The number of nitrogens with one attached hydrogen (secondary N) is 2. The summed E-state index contributed by atoms with van der Waals surface area (Å²) in [7, 11) is -2.64. The van der Waals surface area contributed by atoms with Crippen LogP contribution in [0, 0.1) is 10.1 Å². The van der Waals surface area contributed by atoms with Crippen molar-refractivity contribution in [2.24, 2.45) is 4.99 Å². The van der Waals surface area contributed by atoms with Gasteiger partial charge in [0.2, 0.25) is 0 Å². The van der Waals surface area contributed by atoms with E-state index in [1.807, 2.05) is 6.92 Å². The van der Waals surface area contributed by atoms with E-state index in [0.29, 0.717) is 12.1 Å². The van der Waals surface area contributed by atoms with Crippen molar-refractivity contribution in [1.29, 1.82) is 0 Å². The zero-order chi connectivity index (χ0) is 18.3. The van der Waals surface area contributed by atoms with Gasteiger partial charge in [0, 0.05) is 12.1 Å². The Morgan fingerprint density at radius 2 is 2.04 bits per heavy atom. The van der Waals surface area contributed by atoms with Crippen LogP contribution in [-0.4, -0.2) is 29.1 Å². The number of carbonyl (C=O) groups excluding carboxylic acids is 1. The van der Waals surface area contributed by atoms with Gasteiger partial charge in [0.25, 0.3) is 5.91 Å². The third kappa shape index (κ3) is 4.25. The Labute approximate surface area is 148 Å². The van der Waals surface area contributed by atoms with E-state index in [0.717, 1.165) is 19.0 Å². The Hall–Kier alpha value is -2.23. The lowest BCUT2D eigenvalue weighted by atomic mass is 10.2. The number of carbonyl (C=O) groups is 1. The fraction of sp³-hybridized carbons (Fsp3) is 0.375. The Balaban J connectivity index is 2.28. The summed E-state index contributed by atoms with van der Waals surface area (Å²) in [6.07, 6.45) is 2.91. The molecule has 2 N–H and O–H groups in total. The Morgan fingerprint density at radius 3 is 2.64 bits per heavy atom. The van der Waals surface area contributed by atoms with Crippen LogP contribution >= 0.6 is 10.5 Å². The number of amidine groups is 1. The van der Waals surface area contributed by atoms with Crippen molar-refractivity contribution < 1.29 is 13.9 Å². The van der Waals surface area contributed by atoms with E-state index in [4.69, 9.17) is 4.18 Å². The molecule has 0 aliphatic carbocycles. The molecular weight excluding hydrogens is 344 g/mol. The van der Waals surface area contributed by atoms with E-state index in [2.05, 4.69) is 15.0 Å². The zero-order valence-electron chi connectivity index (χ0n) is 14.2. The summed E-state index contributed by atoms with van der Waals surface area (Å²) in [6.45, 7) is 4.55. The smallest absolute Gasteiger partial charge is 0.307 e. The highest BCUT2D eigenvalue weighted by molar-refractivity contribution is 8.43. The molecule has 1 heterocycles. The molecular formula is C16H22N4O4S. The molecule has 1 amide bonds. The second kappa shape index (κ2) is 8.75. The van der Waals surface area contributed by atoms with Crippen molar-refractivity contribution in [1.82, 2.24) is 10.0 Å². The van der Waals surface area contributed by atoms with Gasteiger partial charge in [-0.3, -0.25) is 20.2 Å². The molecule has 0 radical (unpaired) electrons. The highest BCUT2D eigenvalue weighted by Crippen LogP contribution is 2.56. The summed E-state index contributed by atoms with van der Waals surface area (Å²) in [6, 6.07) is 8.62. The summed E-state index contributed by atoms with van der Waals surface area (Å²) in [5, 5.41) is 14.2. The lowest BCUT2D eigenvalue weighted by molar-refractivity contribution is -0.411. The minimum atomic E-state index is -2.64. The predicted octanol–water partition coefficient (Wildman–Crippen LogP) is 2.92. The van der Waals surface area contributed by atoms with E-state index in [1.165, 1.54) is 0 Å². The number of hydrogen-bond donors (Lipinski definition) is 2. The van der Waals surface area contributed by atoms with Crippen LogP contribution in [0.25, 0.3) is 0 Å². The summed E-state index contributed by atoms with van der Waals surface area (Å²) in [4.78, 5) is 27.5. The maximum atomic E-state index is 12.4. The standard InChI is InChI=1S/C16H22N4O4S/c1-3-5-11-18-25(24-4-2)14(20(22)23)12-17-16(25)19-15(21)13-9-7-6-8-10-13/h6-10,12,18H,3-5,11H2,1-2H3,(H,17,19,21). The second-order valence-corrected chi connectivity index (χ2v) is 7.63. The van der Waals surface area contributed by atoms with Gasteiger partial charge in [-0.25, -0.2) is 9.71 Å². The minimum Gasteiger partial charge on any atom is -0.307 e. The number of nitro groups is 1. The SMILES string of the molecule is CCCCNS1(OCC)C([N+](=O)[O-])=CN=C1NC(=O)c1ccccc1. The van der Waals surface area contributed by atoms with Gasteiger partial charge >= 0.3 is 5.03 Å². The first-order valence-corrected chi connectivity index (χ1v) is 9.62. The molecule has 136 valence electrons. The molecule has 2 rings (SSSR count). The number of benzene rings is 1. The first-order chi connectivity index (χ1) is 12.0. The highest BCUT2D eigenvalue weighted by atomic mass is 32.3. The van der Waals surface area contributed by atoms with E-state index in [1.54, 1.807) is 37.3 Å². The quantitative estimate of drug-likeness (QED) is 0.418. The summed E-state index contributed by atoms with van der Waals surface area (Å²) >= 11 is 0. The summed E-state index contributed by atoms with van der Waals surface area (Å²) in [5.41, 5.74) is 0.443. The normalized spacial score (nSPS) is 21.8. The van der Waals surface area contributed by atoms with Crippen LogP contribution in [0.2, 0.25) is 0 Å². The van der Waals surface area contributed by atoms with Gasteiger partial charge in [0.05, 0.1) is 22.0 Å². The highest BCUT2D eigenvalue weighted by Gasteiger charge is 2.47. The van der Waals surface area contributed by atoms with Crippen LogP contribution in [0.15, 0.2) is 46.6 Å². The molecule has 1 unspecified atom stereocenters. The van der Waals surface area contributed by atoms with Crippen LogP contribution < -0.4 is 10.0 Å². The van der Waals surface area contributed by atoms with E-state index >= 15 is 0 Å². The molecule has 1 aliphatic heterocycles. The first kappa shape index (κ1) is 19.1. The van der Waals surface area contributed by atoms with Gasteiger partial charge in [-0.05, 0) is 25.5 Å². The number of rotatable bonds is 8. The molecule has 0 bridgehead atoms. The summed E-state index contributed by atoms with van der Waals surface area (Å²) < 4.78 is 8.92. The second-order valence-electron chi connectivity index (χ2n) is 5.19. The first-order valence-electron chi connectivity index (χ1n) is 8.06. The third-order valence-corrected chi connectivity index (χ3v) is 6.22. The third-order valence-electron chi connectivity index (χ3n) is 3.43. The van der Waals surface area contributed by atoms with Gasteiger partial charge in [-0.15, -0.1) is 0 Å². The molecule has 0 aromatic heterocycles. The molecule has 1 aromatic rings. The molecule has 1 atom stereocenters. The fourth-order valence-electron chi connectivity index (χ4n) is 2.25. The summed E-state index contributed by atoms with van der Waals surface area (Å²) in [5.74, 6) is -0.383. The molecule has 0 saturated carbocycles. The van der Waals surface area contributed by atoms with Crippen molar-refractivity contribution in [3.8, 4) is 0 Å². The van der Waals surface area contributed by atoms with Crippen molar-refractivity contribution in [3.05, 3.63) is 57.2 Å². The molecule has 9 heteroatoms. The molecule has 0 saturated heterocycles. The van der Waals surface area contributed by atoms with Gasteiger partial charge < -0.3 is 4.18 Å². The van der Waals surface area contributed by atoms with Gasteiger partial charge in [-0.1, -0.05) is 31.5 Å². The Morgan fingerprint density at radius 1 is 1.32 bits per heavy atom. The Bertz CT molecular complexity index is 693. The molecule has 1 aromatic carbocycles. The molecule has 1 aliphatic rings. The van der Waals surface area contributed by atoms with Gasteiger partial charge in [0.1, 0.15) is 6.20 Å². The number of amides is 1. The van der Waals surface area contributed by atoms with E-state index < -0.39 is 15.4 Å². The number of nitrogens with zero attached hydrogens (tertiary/aromatic N) is 2. The molecule has 8 nitrogen and oxygen atoms in total. The number of aliphatic imine (C=N–C) groups is 1. The molecule has 0 spiro atoms. The zero-order valence-corrected chi connectivity index (χ0v) is 15.0. The van der Waals surface area contributed by atoms with Crippen molar-refractivity contribution in [2.45, 2.75) is 26.7 Å². The monoisotopic (exact) mass is 366 g/mol. The van der Waals surface area contributed by atoms with E-state index in [9.17, 15) is 14.9 Å². The van der Waals surface area contributed by atoms with Crippen LogP contribution in [0.5, 0.6) is 0 Å². The lowest BCUT2D eigenvalue weighted by Crippen LogP contribution is -2.41. The predicted molar refractivity (Wildman–Crippen MR) is 98.5 cm³/mol. The minimum absolute atomic E-state index is 0.158. The van der Waals surface area contributed by atoms with Crippen LogP contribution in [-0.2, 0) is 4.18 Å². The van der Waals surface area contributed by atoms with E-state index in [-0.39, 0.29) is 22.7 Å². The number of hydrogen-bond acceptors (Lipinski definition) is 6. The number of unbranched alkanes of at least 4 members (excludes halogenated alkanes) is 1. The lowest BCUT2D eigenvalue weighted by Gasteiger charge is -2.34. The largest absolute Gasteiger partial charge is 0.346 e. The van der Waals surface area contributed by atoms with Crippen molar-refractivity contribution in [3.63, 3.8) is 0 Å². The maximum absolute atomic E-state index is 12.4. The van der Waals surface area contributed by atoms with Crippen molar-refractivity contribution >= 4 is 21.6 Å². The van der Waals surface area contributed by atoms with Gasteiger partial charge in [-0.2, -0.15) is 0 Å². The van der Waals surface area contributed by atoms with Crippen LogP contribution in [0.3, 0.4) is 0 Å². The van der Waals surface area contributed by atoms with Gasteiger partial charge in [0.15, 0.2) is 5.17 Å². The molecule has 0 fully saturated rings. The van der Waals surface area contributed by atoms with Crippen LogP contribution in [0.1, 0.15) is 37.0 Å². The maximum Gasteiger partial charge on any atom is 0.346 e. The van der Waals surface area contributed by atoms with Crippen LogP contribution in [0.4, 0.5) is 0 Å². The topological polar surface area (TPSA) is 106 Å².